The van der Waals surface area contributed by atoms with Crippen molar-refractivity contribution in [1.82, 2.24) is 10.2 Å². The molecule has 1 N–H and O–H groups in total. The van der Waals surface area contributed by atoms with Crippen LogP contribution in [0, 0.1) is 0 Å². The van der Waals surface area contributed by atoms with Crippen LogP contribution < -0.4 is 5.32 Å². The van der Waals surface area contributed by atoms with E-state index in [1.165, 1.54) is 11.8 Å². The van der Waals surface area contributed by atoms with Gasteiger partial charge in [-0.25, -0.2) is 0 Å². The van der Waals surface area contributed by atoms with Gasteiger partial charge in [-0.3, -0.25) is 9.59 Å². The molecule has 26 heavy (non-hydrogen) atoms. The number of amides is 2. The average Bonchev–Trinajstić information content (AvgIpc) is 3.22. The molecule has 1 aliphatic rings. The van der Waals surface area contributed by atoms with Gasteiger partial charge in [-0.05, 0) is 37.5 Å². The van der Waals surface area contributed by atoms with Crippen LogP contribution in [0.4, 0.5) is 0 Å². The van der Waals surface area contributed by atoms with E-state index in [1.54, 1.807) is 0 Å². The van der Waals surface area contributed by atoms with Crippen LogP contribution in [0.3, 0.4) is 0 Å². The molecule has 5 heteroatoms. The molecule has 1 fully saturated rings. The molecule has 0 radical (unpaired) electrons. The highest BCUT2D eigenvalue weighted by molar-refractivity contribution is 8.00. The molecule has 0 spiro atoms. The lowest BCUT2D eigenvalue weighted by atomic mass is 10.1. The van der Waals surface area contributed by atoms with Crippen LogP contribution in [-0.4, -0.2) is 35.6 Å². The number of carbonyl (C=O) groups is 2. The van der Waals surface area contributed by atoms with E-state index in [2.05, 4.69) is 5.32 Å². The van der Waals surface area contributed by atoms with Gasteiger partial charge in [0.1, 0.15) is 0 Å². The largest absolute Gasteiger partial charge is 0.345 e. The summed E-state index contributed by atoms with van der Waals surface area (Å²) in [5.41, 5.74) is 1.68. The fraction of sp³-hybridized carbons (Fsp3) is 0.333. The third-order valence-electron chi connectivity index (χ3n) is 4.59. The summed E-state index contributed by atoms with van der Waals surface area (Å²) in [4.78, 5) is 27.8. The lowest BCUT2D eigenvalue weighted by Crippen LogP contribution is -2.29. The second-order valence-electron chi connectivity index (χ2n) is 6.48. The minimum atomic E-state index is -0.113. The third-order valence-corrected chi connectivity index (χ3v) is 5.65. The standard InChI is InChI=1S/C21H24N2O2S/c1-16(17-9-3-2-4-10-17)22-21(25)18-11-5-6-12-19(18)26-15-20(24)23-13-7-8-14-23/h2-6,9-12,16H,7-8,13-15H2,1H3,(H,22,25)/t16-/m1/s1. The van der Waals surface area contributed by atoms with Crippen LogP contribution in [0.25, 0.3) is 0 Å². The molecule has 1 aliphatic heterocycles. The zero-order valence-electron chi connectivity index (χ0n) is 15.0. The highest BCUT2D eigenvalue weighted by Crippen LogP contribution is 2.24. The molecule has 2 aromatic rings. The molecule has 0 aromatic heterocycles. The highest BCUT2D eigenvalue weighted by Gasteiger charge is 2.19. The molecule has 4 nitrogen and oxygen atoms in total. The zero-order chi connectivity index (χ0) is 18.4. The van der Waals surface area contributed by atoms with E-state index in [0.717, 1.165) is 36.4 Å². The van der Waals surface area contributed by atoms with Gasteiger partial charge in [0.2, 0.25) is 5.91 Å². The average molecular weight is 369 g/mol. The van der Waals surface area contributed by atoms with Crippen molar-refractivity contribution in [2.24, 2.45) is 0 Å². The van der Waals surface area contributed by atoms with Crippen molar-refractivity contribution in [1.29, 1.82) is 0 Å². The maximum Gasteiger partial charge on any atom is 0.252 e. The predicted molar refractivity (Wildman–Crippen MR) is 105 cm³/mol. The first-order chi connectivity index (χ1) is 12.6. The molecule has 2 amide bonds. The van der Waals surface area contributed by atoms with Crippen molar-refractivity contribution < 1.29 is 9.59 Å². The van der Waals surface area contributed by atoms with Crippen LogP contribution in [0.2, 0.25) is 0 Å². The van der Waals surface area contributed by atoms with Gasteiger partial charge in [0.05, 0.1) is 17.4 Å². The van der Waals surface area contributed by atoms with Crippen LogP contribution >= 0.6 is 11.8 Å². The Labute approximate surface area is 159 Å². The fourth-order valence-corrected chi connectivity index (χ4v) is 4.03. The Bertz CT molecular complexity index is 758. The second-order valence-corrected chi connectivity index (χ2v) is 7.50. The lowest BCUT2D eigenvalue weighted by Gasteiger charge is -2.17. The van der Waals surface area contributed by atoms with Gasteiger partial charge in [0, 0.05) is 18.0 Å². The maximum absolute atomic E-state index is 12.7. The normalized spacial score (nSPS) is 14.9. The Morgan fingerprint density at radius 3 is 2.42 bits per heavy atom. The number of nitrogens with one attached hydrogen (secondary N) is 1. The minimum Gasteiger partial charge on any atom is -0.345 e. The number of hydrogen-bond acceptors (Lipinski definition) is 3. The maximum atomic E-state index is 12.7. The van der Waals surface area contributed by atoms with Crippen molar-refractivity contribution in [2.45, 2.75) is 30.7 Å². The van der Waals surface area contributed by atoms with Gasteiger partial charge in [0.15, 0.2) is 0 Å². The number of rotatable bonds is 6. The van der Waals surface area contributed by atoms with E-state index in [9.17, 15) is 9.59 Å². The Kier molecular flexibility index (Phi) is 6.34. The summed E-state index contributed by atoms with van der Waals surface area (Å²) >= 11 is 1.44. The number of thioether (sulfide) groups is 1. The topological polar surface area (TPSA) is 49.4 Å². The van der Waals surface area contributed by atoms with Gasteiger partial charge in [-0.15, -0.1) is 11.8 Å². The van der Waals surface area contributed by atoms with E-state index < -0.39 is 0 Å². The van der Waals surface area contributed by atoms with E-state index in [0.29, 0.717) is 11.3 Å². The monoisotopic (exact) mass is 368 g/mol. The van der Waals surface area contributed by atoms with Crippen molar-refractivity contribution >= 4 is 23.6 Å². The van der Waals surface area contributed by atoms with Crippen LogP contribution in [0.15, 0.2) is 59.5 Å². The van der Waals surface area contributed by atoms with Crippen molar-refractivity contribution in [2.75, 3.05) is 18.8 Å². The number of hydrogen-bond donors (Lipinski definition) is 1. The number of nitrogens with zero attached hydrogens (tertiary/aromatic N) is 1. The molecule has 136 valence electrons. The number of benzene rings is 2. The Morgan fingerprint density at radius 2 is 1.69 bits per heavy atom. The summed E-state index contributed by atoms with van der Waals surface area (Å²) in [6.45, 7) is 3.69. The van der Waals surface area contributed by atoms with Gasteiger partial charge in [-0.2, -0.15) is 0 Å². The molecule has 0 saturated carbocycles. The zero-order valence-corrected chi connectivity index (χ0v) is 15.8. The van der Waals surface area contributed by atoms with E-state index >= 15 is 0 Å². The molecule has 3 rings (SSSR count). The summed E-state index contributed by atoms with van der Waals surface area (Å²) in [5.74, 6) is 0.414. The van der Waals surface area contributed by atoms with Gasteiger partial charge in [-0.1, -0.05) is 42.5 Å². The van der Waals surface area contributed by atoms with Crippen molar-refractivity contribution in [3.8, 4) is 0 Å². The highest BCUT2D eigenvalue weighted by atomic mass is 32.2. The van der Waals surface area contributed by atoms with Gasteiger partial charge in [0.25, 0.3) is 5.91 Å². The molecule has 0 bridgehead atoms. The molecule has 0 unspecified atom stereocenters. The predicted octanol–water partition coefficient (Wildman–Crippen LogP) is 3.89. The summed E-state index contributed by atoms with van der Waals surface area (Å²) in [7, 11) is 0. The molecule has 1 atom stereocenters. The summed E-state index contributed by atoms with van der Waals surface area (Å²) < 4.78 is 0. The van der Waals surface area contributed by atoms with E-state index in [1.807, 2.05) is 66.4 Å². The second kappa shape index (κ2) is 8.90. The first kappa shape index (κ1) is 18.5. The van der Waals surface area contributed by atoms with Crippen molar-refractivity contribution in [3.63, 3.8) is 0 Å². The third kappa shape index (κ3) is 4.67. The molecule has 1 heterocycles. The molecule has 2 aromatic carbocycles. The smallest absolute Gasteiger partial charge is 0.252 e. The number of carbonyl (C=O) groups excluding carboxylic acids is 2. The summed E-state index contributed by atoms with van der Waals surface area (Å²) in [5, 5.41) is 3.05. The molecule has 1 saturated heterocycles. The van der Waals surface area contributed by atoms with E-state index in [4.69, 9.17) is 0 Å². The van der Waals surface area contributed by atoms with Gasteiger partial charge >= 0.3 is 0 Å². The van der Waals surface area contributed by atoms with E-state index in [-0.39, 0.29) is 17.9 Å². The van der Waals surface area contributed by atoms with Crippen LogP contribution in [0.1, 0.15) is 41.7 Å². The minimum absolute atomic E-state index is 0.0759. The lowest BCUT2D eigenvalue weighted by molar-refractivity contribution is -0.127. The van der Waals surface area contributed by atoms with Crippen LogP contribution in [0.5, 0.6) is 0 Å². The molecule has 0 aliphatic carbocycles. The first-order valence-electron chi connectivity index (χ1n) is 9.00. The Balaban J connectivity index is 1.64. The van der Waals surface area contributed by atoms with Crippen molar-refractivity contribution in [3.05, 3.63) is 65.7 Å². The summed E-state index contributed by atoms with van der Waals surface area (Å²) in [6.07, 6.45) is 2.18. The summed E-state index contributed by atoms with van der Waals surface area (Å²) in [6, 6.07) is 17.3. The SMILES string of the molecule is C[C@@H](NC(=O)c1ccccc1SCC(=O)N1CCCC1)c1ccccc1. The Hall–Kier alpha value is -2.27. The Morgan fingerprint density at radius 1 is 1.04 bits per heavy atom. The molecular formula is C21H24N2O2S. The number of likely N-dealkylation sites (tertiary alicyclic amines) is 1. The van der Waals surface area contributed by atoms with Gasteiger partial charge < -0.3 is 10.2 Å². The quantitative estimate of drug-likeness (QED) is 0.787. The fourth-order valence-electron chi connectivity index (χ4n) is 3.08. The van der Waals surface area contributed by atoms with Crippen LogP contribution in [-0.2, 0) is 4.79 Å². The molecular weight excluding hydrogens is 344 g/mol. The first-order valence-corrected chi connectivity index (χ1v) is 9.99.